The van der Waals surface area contributed by atoms with Gasteiger partial charge in [0.25, 0.3) is 11.8 Å². The summed E-state index contributed by atoms with van der Waals surface area (Å²) in [6, 6.07) is 22.0. The topological polar surface area (TPSA) is 111 Å². The van der Waals surface area contributed by atoms with Crippen molar-refractivity contribution in [1.29, 1.82) is 0 Å². The smallest absolute Gasteiger partial charge is 0.497 e. The van der Waals surface area contributed by atoms with E-state index in [9.17, 15) is 18.4 Å². The number of aromatic nitrogens is 1. The Kier molecular flexibility index (Phi) is 7.95. The fraction of sp³-hybridized carbons (Fsp3) is 0.167. The van der Waals surface area contributed by atoms with Gasteiger partial charge in [0.15, 0.2) is 11.5 Å². The number of pyridine rings is 1. The molecule has 4 aromatic rings. The maximum Gasteiger partial charge on any atom is 0.586 e. The molecule has 41 heavy (non-hydrogen) atoms. The van der Waals surface area contributed by atoms with Crippen LogP contribution in [0.25, 0.3) is 0 Å². The van der Waals surface area contributed by atoms with Crippen LogP contribution in [-0.4, -0.2) is 36.7 Å². The van der Waals surface area contributed by atoms with Crippen molar-refractivity contribution in [3.8, 4) is 17.2 Å². The number of carbonyl (C=O) groups is 2. The van der Waals surface area contributed by atoms with E-state index in [0.717, 1.165) is 16.9 Å². The van der Waals surface area contributed by atoms with Crippen molar-refractivity contribution in [2.45, 2.75) is 19.3 Å². The third kappa shape index (κ3) is 6.88. The highest BCUT2D eigenvalue weighted by atomic mass is 19.3. The average molecular weight is 561 g/mol. The first kappa shape index (κ1) is 27.4. The Morgan fingerprint density at radius 2 is 1.68 bits per heavy atom. The lowest BCUT2D eigenvalue weighted by Gasteiger charge is -2.13. The van der Waals surface area contributed by atoms with Crippen molar-refractivity contribution >= 4 is 23.2 Å². The first-order valence-corrected chi connectivity index (χ1v) is 12.7. The molecule has 0 fully saturated rings. The van der Waals surface area contributed by atoms with Crippen molar-refractivity contribution in [1.82, 2.24) is 10.3 Å². The molecule has 3 aromatic carbocycles. The molecule has 0 unspecified atom stereocenters. The van der Waals surface area contributed by atoms with Gasteiger partial charge in [0, 0.05) is 36.7 Å². The summed E-state index contributed by atoms with van der Waals surface area (Å²) >= 11 is 0. The van der Waals surface area contributed by atoms with Crippen LogP contribution in [0.3, 0.4) is 0 Å². The number of anilines is 2. The van der Waals surface area contributed by atoms with Gasteiger partial charge in [0.1, 0.15) is 11.4 Å². The number of benzene rings is 3. The second-order valence-electron chi connectivity index (χ2n) is 9.09. The number of nitrogens with one attached hydrogen (secondary N) is 3. The van der Waals surface area contributed by atoms with Crippen LogP contribution in [0.15, 0.2) is 85.1 Å². The van der Waals surface area contributed by atoms with E-state index < -0.39 is 12.2 Å². The summed E-state index contributed by atoms with van der Waals surface area (Å²) in [5, 5.41) is 8.78. The third-order valence-electron chi connectivity index (χ3n) is 6.23. The fourth-order valence-corrected chi connectivity index (χ4v) is 4.17. The zero-order valence-electron chi connectivity index (χ0n) is 21.9. The number of rotatable bonds is 10. The summed E-state index contributed by atoms with van der Waals surface area (Å²) in [7, 11) is 1.61. The molecule has 3 N–H and O–H groups in total. The molecule has 0 radical (unpaired) electrons. The molecule has 1 aliphatic rings. The lowest BCUT2D eigenvalue weighted by Crippen LogP contribution is -2.26. The van der Waals surface area contributed by atoms with Gasteiger partial charge in [-0.3, -0.25) is 14.6 Å². The number of nitrogens with zero attached hydrogens (tertiary/aromatic N) is 1. The van der Waals surface area contributed by atoms with Gasteiger partial charge in [-0.15, -0.1) is 8.78 Å². The molecule has 2 amide bonds. The molecule has 2 heterocycles. The number of fused-ring (bicyclic) bond motifs is 1. The molecule has 0 atom stereocenters. The van der Waals surface area contributed by atoms with Gasteiger partial charge in [-0.2, -0.15) is 0 Å². The summed E-state index contributed by atoms with van der Waals surface area (Å²) in [6.45, 7) is 0.766. The molecule has 0 saturated carbocycles. The van der Waals surface area contributed by atoms with E-state index in [4.69, 9.17) is 4.74 Å². The average Bonchev–Trinajstić information content (AvgIpc) is 3.29. The molecule has 0 saturated heterocycles. The van der Waals surface area contributed by atoms with Crippen molar-refractivity contribution in [2.75, 3.05) is 24.3 Å². The Bertz CT molecular complexity index is 1560. The zero-order chi connectivity index (χ0) is 28.8. The highest BCUT2D eigenvalue weighted by molar-refractivity contribution is 6.08. The number of carbonyl (C=O) groups excluding carboxylic acids is 2. The normalized spacial score (nSPS) is 12.9. The van der Waals surface area contributed by atoms with E-state index in [2.05, 4.69) is 30.4 Å². The number of ether oxygens (including phenoxy) is 3. The molecular formula is C30H26F2N4O5. The van der Waals surface area contributed by atoms with Crippen LogP contribution in [0.4, 0.5) is 20.2 Å². The summed E-state index contributed by atoms with van der Waals surface area (Å²) in [5.41, 5.74) is 3.27. The number of alkyl halides is 2. The molecule has 1 aliphatic heterocycles. The minimum absolute atomic E-state index is 0.113. The van der Waals surface area contributed by atoms with Gasteiger partial charge < -0.3 is 30.2 Å². The second-order valence-corrected chi connectivity index (χ2v) is 9.09. The number of halogens is 2. The van der Waals surface area contributed by atoms with Gasteiger partial charge in [0.2, 0.25) is 0 Å². The molecule has 0 spiro atoms. The number of hydrogen-bond acceptors (Lipinski definition) is 7. The quantitative estimate of drug-likeness (QED) is 0.243. The molecule has 0 bridgehead atoms. The molecule has 9 nitrogen and oxygen atoms in total. The Labute approximate surface area is 234 Å². The van der Waals surface area contributed by atoms with Crippen LogP contribution < -0.4 is 30.2 Å². The first-order chi connectivity index (χ1) is 19.8. The second kappa shape index (κ2) is 11.9. The highest BCUT2D eigenvalue weighted by Crippen LogP contribution is 2.42. The molecule has 1 aromatic heterocycles. The summed E-state index contributed by atoms with van der Waals surface area (Å²) in [4.78, 5) is 29.9. The Morgan fingerprint density at radius 3 is 2.49 bits per heavy atom. The number of hydrogen-bond donors (Lipinski definition) is 3. The molecule has 5 rings (SSSR count). The largest absolute Gasteiger partial charge is 0.586 e. The van der Waals surface area contributed by atoms with Crippen molar-refractivity contribution in [3.63, 3.8) is 0 Å². The van der Waals surface area contributed by atoms with E-state index in [1.807, 2.05) is 24.3 Å². The van der Waals surface area contributed by atoms with E-state index in [-0.39, 0.29) is 28.8 Å². The minimum atomic E-state index is -3.74. The molecule has 210 valence electrons. The Morgan fingerprint density at radius 1 is 0.902 bits per heavy atom. The van der Waals surface area contributed by atoms with E-state index in [1.54, 1.807) is 49.7 Å². The first-order valence-electron chi connectivity index (χ1n) is 12.7. The maximum atomic E-state index is 13.3. The maximum absolute atomic E-state index is 13.3. The van der Waals surface area contributed by atoms with Crippen molar-refractivity contribution < 1.29 is 32.6 Å². The predicted octanol–water partition coefficient (Wildman–Crippen LogP) is 5.25. The molecular weight excluding hydrogens is 534 g/mol. The van der Waals surface area contributed by atoms with E-state index in [1.165, 1.54) is 18.2 Å². The standard InChI is InChI=1S/C30H26F2N4O5/c1-39-22-9-6-19(7-10-22)12-15-34-29(38)25-16-20(13-14-33-25)18-35-24-5-3-2-4-23(24)28(37)36-21-8-11-26-27(17-21)41-30(31,32)40-26/h2-11,13-14,16-17,35H,12,15,18H2,1H3,(H,34,38)(H,36,37). The lowest BCUT2D eigenvalue weighted by atomic mass is 10.1. The van der Waals surface area contributed by atoms with Gasteiger partial charge in [-0.05, 0) is 66.1 Å². The number of para-hydroxylation sites is 1. The molecule has 11 heteroatoms. The monoisotopic (exact) mass is 560 g/mol. The van der Waals surface area contributed by atoms with Gasteiger partial charge in [-0.1, -0.05) is 24.3 Å². The van der Waals surface area contributed by atoms with Crippen LogP contribution in [0.5, 0.6) is 17.2 Å². The predicted molar refractivity (Wildman–Crippen MR) is 148 cm³/mol. The van der Waals surface area contributed by atoms with Crippen LogP contribution in [0.2, 0.25) is 0 Å². The summed E-state index contributed by atoms with van der Waals surface area (Å²) < 4.78 is 40.6. The summed E-state index contributed by atoms with van der Waals surface area (Å²) in [5.74, 6) is -0.253. The third-order valence-corrected chi connectivity index (χ3v) is 6.23. The lowest BCUT2D eigenvalue weighted by molar-refractivity contribution is -0.286. The van der Waals surface area contributed by atoms with Crippen LogP contribution in [0.1, 0.15) is 32.0 Å². The van der Waals surface area contributed by atoms with E-state index in [0.29, 0.717) is 30.8 Å². The van der Waals surface area contributed by atoms with Crippen molar-refractivity contribution in [3.05, 3.63) is 107 Å². The fourth-order valence-electron chi connectivity index (χ4n) is 4.17. The van der Waals surface area contributed by atoms with Gasteiger partial charge in [0.05, 0.1) is 12.7 Å². The van der Waals surface area contributed by atoms with Crippen LogP contribution in [0, 0.1) is 0 Å². The van der Waals surface area contributed by atoms with Crippen LogP contribution >= 0.6 is 0 Å². The van der Waals surface area contributed by atoms with Gasteiger partial charge >= 0.3 is 6.29 Å². The van der Waals surface area contributed by atoms with Crippen molar-refractivity contribution in [2.24, 2.45) is 0 Å². The number of methoxy groups -OCH3 is 1. The van der Waals surface area contributed by atoms with E-state index >= 15 is 0 Å². The zero-order valence-corrected chi connectivity index (χ0v) is 21.9. The minimum Gasteiger partial charge on any atom is -0.497 e. The van der Waals surface area contributed by atoms with Gasteiger partial charge in [-0.25, -0.2) is 0 Å². The highest BCUT2D eigenvalue weighted by Gasteiger charge is 2.43. The Hall–Kier alpha value is -5.19. The Balaban J connectivity index is 1.17. The van der Waals surface area contributed by atoms with Crippen LogP contribution in [-0.2, 0) is 13.0 Å². The number of amides is 2. The summed E-state index contributed by atoms with van der Waals surface area (Å²) in [6.07, 6.45) is -1.53. The SMILES string of the molecule is COc1ccc(CCNC(=O)c2cc(CNc3ccccc3C(=O)Nc3ccc4c(c3)OC(F)(F)O4)ccn2)cc1. The molecule has 0 aliphatic carbocycles.